The molecule has 1 aliphatic rings. The van der Waals surface area contributed by atoms with E-state index in [0.29, 0.717) is 37.7 Å². The van der Waals surface area contributed by atoms with E-state index in [2.05, 4.69) is 30.4 Å². The molecule has 154 valence electrons. The van der Waals surface area contributed by atoms with E-state index in [1.54, 1.807) is 18.6 Å². The number of aromatic nitrogens is 4. The van der Waals surface area contributed by atoms with Crippen LogP contribution in [0.4, 0.5) is 17.3 Å². The van der Waals surface area contributed by atoms with Crippen LogP contribution in [0.2, 0.25) is 0 Å². The van der Waals surface area contributed by atoms with Crippen LogP contribution in [-0.2, 0) is 0 Å². The molecule has 1 aliphatic heterocycles. The van der Waals surface area contributed by atoms with Crippen molar-refractivity contribution in [2.75, 3.05) is 36.4 Å². The van der Waals surface area contributed by atoms with Crippen LogP contribution in [0.15, 0.2) is 73.2 Å². The molecule has 1 saturated heterocycles. The Morgan fingerprint density at radius 1 is 0.839 bits per heavy atom. The lowest BCUT2D eigenvalue weighted by Gasteiger charge is -2.35. The summed E-state index contributed by atoms with van der Waals surface area (Å²) in [6.07, 6.45) is 5.14. The fourth-order valence-corrected chi connectivity index (χ4v) is 3.72. The lowest BCUT2D eigenvalue weighted by atomic mass is 10.1. The Morgan fingerprint density at radius 2 is 1.65 bits per heavy atom. The third-order valence-electron chi connectivity index (χ3n) is 5.37. The molecule has 0 aliphatic carbocycles. The summed E-state index contributed by atoms with van der Waals surface area (Å²) in [7, 11) is 0. The van der Waals surface area contributed by atoms with Gasteiger partial charge in [-0.3, -0.25) is 14.8 Å². The summed E-state index contributed by atoms with van der Waals surface area (Å²) in [5.41, 5.74) is 1.42. The summed E-state index contributed by atoms with van der Waals surface area (Å²) >= 11 is 0. The highest BCUT2D eigenvalue weighted by molar-refractivity contribution is 6.05. The Morgan fingerprint density at radius 3 is 2.42 bits per heavy atom. The van der Waals surface area contributed by atoms with Gasteiger partial charge in [-0.15, -0.1) is 10.2 Å². The minimum absolute atomic E-state index is 0.0283. The Bertz CT molecular complexity index is 1180. The predicted molar refractivity (Wildman–Crippen MR) is 119 cm³/mol. The summed E-state index contributed by atoms with van der Waals surface area (Å²) in [5, 5.41) is 13.7. The number of hydrogen-bond donors (Lipinski definition) is 1. The maximum absolute atomic E-state index is 13.1. The number of benzene rings is 1. The maximum Gasteiger partial charge on any atom is 0.273 e. The minimum Gasteiger partial charge on any atom is -0.352 e. The van der Waals surface area contributed by atoms with Gasteiger partial charge in [0.1, 0.15) is 5.69 Å². The molecule has 31 heavy (non-hydrogen) atoms. The first-order valence-corrected chi connectivity index (χ1v) is 10.2. The standard InChI is InChI=1S/C23H21N7O/c31-23(22-19-4-2-1-3-17(19)7-12-25-22)30-15-13-29(14-16-30)21-6-5-20(27-28-21)26-18-8-10-24-11-9-18/h1-12H,13-16H2,(H,24,26,27). The van der Waals surface area contributed by atoms with Crippen molar-refractivity contribution in [1.82, 2.24) is 25.1 Å². The third-order valence-corrected chi connectivity index (χ3v) is 5.37. The van der Waals surface area contributed by atoms with E-state index >= 15 is 0 Å². The Balaban J connectivity index is 1.23. The van der Waals surface area contributed by atoms with Crippen LogP contribution < -0.4 is 10.2 Å². The van der Waals surface area contributed by atoms with Crippen LogP contribution in [0.5, 0.6) is 0 Å². The summed E-state index contributed by atoms with van der Waals surface area (Å²) in [6.45, 7) is 2.62. The predicted octanol–water partition coefficient (Wildman–Crippen LogP) is 3.13. The summed E-state index contributed by atoms with van der Waals surface area (Å²) in [5.74, 6) is 1.45. The molecule has 4 aromatic rings. The smallest absolute Gasteiger partial charge is 0.273 e. The van der Waals surface area contributed by atoms with Gasteiger partial charge in [0, 0.05) is 55.8 Å². The third kappa shape index (κ3) is 4.00. The summed E-state index contributed by atoms with van der Waals surface area (Å²) < 4.78 is 0. The van der Waals surface area contributed by atoms with E-state index in [4.69, 9.17) is 0 Å². The minimum atomic E-state index is -0.0283. The number of nitrogens with one attached hydrogen (secondary N) is 1. The lowest BCUT2D eigenvalue weighted by Crippen LogP contribution is -2.49. The molecule has 1 aromatic carbocycles. The Hall–Kier alpha value is -4.07. The largest absolute Gasteiger partial charge is 0.352 e. The van der Waals surface area contributed by atoms with Crippen molar-refractivity contribution in [3.05, 3.63) is 78.9 Å². The van der Waals surface area contributed by atoms with Gasteiger partial charge in [-0.2, -0.15) is 0 Å². The number of piperazine rings is 1. The van der Waals surface area contributed by atoms with Crippen molar-refractivity contribution < 1.29 is 4.79 Å². The van der Waals surface area contributed by atoms with E-state index in [0.717, 1.165) is 22.3 Å². The number of hydrogen-bond acceptors (Lipinski definition) is 7. The quantitative estimate of drug-likeness (QED) is 0.552. The van der Waals surface area contributed by atoms with E-state index in [9.17, 15) is 4.79 Å². The molecule has 1 fully saturated rings. The molecule has 0 atom stereocenters. The molecule has 0 unspecified atom stereocenters. The number of nitrogens with zero attached hydrogens (tertiary/aromatic N) is 6. The summed E-state index contributed by atoms with van der Waals surface area (Å²) in [6, 6.07) is 17.4. The van der Waals surface area contributed by atoms with Crippen LogP contribution in [0.3, 0.4) is 0 Å². The van der Waals surface area contributed by atoms with E-state index in [1.165, 1.54) is 0 Å². The number of carbonyl (C=O) groups excluding carboxylic acids is 1. The Kier molecular flexibility index (Phi) is 5.10. The second-order valence-electron chi connectivity index (χ2n) is 7.30. The molecule has 0 saturated carbocycles. The van der Waals surface area contributed by atoms with Gasteiger partial charge >= 0.3 is 0 Å². The zero-order chi connectivity index (χ0) is 21.0. The first-order valence-electron chi connectivity index (χ1n) is 10.2. The van der Waals surface area contributed by atoms with Crippen LogP contribution in [0.25, 0.3) is 10.8 Å². The molecule has 5 rings (SSSR count). The highest BCUT2D eigenvalue weighted by atomic mass is 16.2. The number of fused-ring (bicyclic) bond motifs is 1. The van der Waals surface area contributed by atoms with Crippen molar-refractivity contribution in [1.29, 1.82) is 0 Å². The number of amides is 1. The van der Waals surface area contributed by atoms with Crippen LogP contribution in [0, 0.1) is 0 Å². The highest BCUT2D eigenvalue weighted by Gasteiger charge is 2.25. The number of anilines is 3. The van der Waals surface area contributed by atoms with Gasteiger partial charge in [0.25, 0.3) is 5.91 Å². The van der Waals surface area contributed by atoms with Gasteiger partial charge in [0.15, 0.2) is 11.6 Å². The molecule has 1 N–H and O–H groups in total. The second-order valence-corrected chi connectivity index (χ2v) is 7.30. The molecule has 8 nitrogen and oxygen atoms in total. The zero-order valence-corrected chi connectivity index (χ0v) is 16.8. The fourth-order valence-electron chi connectivity index (χ4n) is 3.72. The van der Waals surface area contributed by atoms with Crippen molar-refractivity contribution in [2.45, 2.75) is 0 Å². The second kappa shape index (κ2) is 8.35. The van der Waals surface area contributed by atoms with Crippen LogP contribution >= 0.6 is 0 Å². The fraction of sp³-hybridized carbons (Fsp3) is 0.174. The van der Waals surface area contributed by atoms with Crippen LogP contribution in [0.1, 0.15) is 10.5 Å². The topological polar surface area (TPSA) is 87.1 Å². The first kappa shape index (κ1) is 18.9. The summed E-state index contributed by atoms with van der Waals surface area (Å²) in [4.78, 5) is 25.4. The number of pyridine rings is 2. The number of rotatable bonds is 4. The molecule has 0 bridgehead atoms. The van der Waals surface area contributed by atoms with Gasteiger partial charge in [0.2, 0.25) is 0 Å². The van der Waals surface area contributed by atoms with E-state index in [-0.39, 0.29) is 5.91 Å². The molecule has 0 radical (unpaired) electrons. The number of carbonyl (C=O) groups is 1. The van der Waals surface area contributed by atoms with Crippen molar-refractivity contribution in [2.24, 2.45) is 0 Å². The first-order chi connectivity index (χ1) is 15.3. The molecular weight excluding hydrogens is 390 g/mol. The molecule has 8 heteroatoms. The van der Waals surface area contributed by atoms with E-state index < -0.39 is 0 Å². The van der Waals surface area contributed by atoms with Gasteiger partial charge < -0.3 is 15.1 Å². The molecule has 1 amide bonds. The SMILES string of the molecule is O=C(c1nccc2ccccc12)N1CCN(c2ccc(Nc3ccncc3)nn2)CC1. The van der Waals surface area contributed by atoms with Gasteiger partial charge in [-0.05, 0) is 35.7 Å². The molecule has 4 heterocycles. The van der Waals surface area contributed by atoms with Crippen molar-refractivity contribution in [3.63, 3.8) is 0 Å². The maximum atomic E-state index is 13.1. The average Bonchev–Trinajstić information content (AvgIpc) is 2.84. The molecular formula is C23H21N7O. The molecule has 0 spiro atoms. The average molecular weight is 411 g/mol. The lowest BCUT2D eigenvalue weighted by molar-refractivity contribution is 0.0743. The van der Waals surface area contributed by atoms with Crippen LogP contribution in [-0.4, -0.2) is 57.2 Å². The monoisotopic (exact) mass is 411 g/mol. The van der Waals surface area contributed by atoms with Gasteiger partial charge in [-0.25, -0.2) is 0 Å². The zero-order valence-electron chi connectivity index (χ0n) is 16.8. The van der Waals surface area contributed by atoms with E-state index in [1.807, 2.05) is 59.5 Å². The van der Waals surface area contributed by atoms with Crippen molar-refractivity contribution in [3.8, 4) is 0 Å². The van der Waals surface area contributed by atoms with Crippen molar-refractivity contribution >= 4 is 34.0 Å². The normalized spacial score (nSPS) is 13.9. The van der Waals surface area contributed by atoms with Gasteiger partial charge in [0.05, 0.1) is 0 Å². The Labute approximate surface area is 179 Å². The molecule has 3 aromatic heterocycles. The van der Waals surface area contributed by atoms with Gasteiger partial charge in [-0.1, -0.05) is 24.3 Å². The highest BCUT2D eigenvalue weighted by Crippen LogP contribution is 2.20.